The molecule has 5 nitrogen and oxygen atoms in total. The normalized spacial score (nSPS) is 12.0. The Morgan fingerprint density at radius 2 is 2.05 bits per heavy atom. The Hall–Kier alpha value is -1.92. The molecule has 2 N–H and O–H groups in total. The first-order valence-electron chi connectivity index (χ1n) is 6.37. The van der Waals surface area contributed by atoms with Crippen molar-refractivity contribution in [2.45, 2.75) is 19.9 Å². The van der Waals surface area contributed by atoms with E-state index < -0.39 is 4.92 Å². The van der Waals surface area contributed by atoms with E-state index in [1.54, 1.807) is 37.3 Å². The van der Waals surface area contributed by atoms with Crippen molar-refractivity contribution in [2.75, 3.05) is 0 Å². The van der Waals surface area contributed by atoms with Gasteiger partial charge in [-0.05, 0) is 37.6 Å². The second-order valence-electron chi connectivity index (χ2n) is 4.75. The number of nitro groups is 1. The van der Waals surface area contributed by atoms with Gasteiger partial charge in [0.2, 0.25) is 5.75 Å². The number of rotatable bonds is 4. The SMILES string of the molecule is Cc1cccc(Oc2ccc([C@H](C)N)c(Br)c2)c1[N+](=O)[O-]. The zero-order chi connectivity index (χ0) is 15.6. The van der Waals surface area contributed by atoms with Crippen LogP contribution in [0.3, 0.4) is 0 Å². The molecule has 0 aromatic heterocycles. The molecule has 0 saturated heterocycles. The van der Waals surface area contributed by atoms with Gasteiger partial charge in [0.1, 0.15) is 5.75 Å². The number of aryl methyl sites for hydroxylation is 1. The van der Waals surface area contributed by atoms with E-state index in [1.165, 1.54) is 0 Å². The minimum atomic E-state index is -0.434. The molecule has 1 atom stereocenters. The van der Waals surface area contributed by atoms with Crippen molar-refractivity contribution in [3.05, 3.63) is 62.1 Å². The highest BCUT2D eigenvalue weighted by Gasteiger charge is 2.19. The van der Waals surface area contributed by atoms with E-state index in [2.05, 4.69) is 15.9 Å². The summed E-state index contributed by atoms with van der Waals surface area (Å²) in [6.45, 7) is 3.56. The van der Waals surface area contributed by atoms with Crippen molar-refractivity contribution in [1.29, 1.82) is 0 Å². The van der Waals surface area contributed by atoms with Crippen LogP contribution in [0.5, 0.6) is 11.5 Å². The molecule has 2 aromatic carbocycles. The summed E-state index contributed by atoms with van der Waals surface area (Å²) in [5, 5.41) is 11.1. The first-order valence-corrected chi connectivity index (χ1v) is 7.16. The highest BCUT2D eigenvalue weighted by atomic mass is 79.9. The third-order valence-electron chi connectivity index (χ3n) is 3.07. The maximum Gasteiger partial charge on any atom is 0.314 e. The van der Waals surface area contributed by atoms with Crippen molar-refractivity contribution in [2.24, 2.45) is 5.73 Å². The molecule has 0 fully saturated rings. The number of nitro benzene ring substituents is 1. The average molecular weight is 351 g/mol. The monoisotopic (exact) mass is 350 g/mol. The maximum atomic E-state index is 11.1. The Morgan fingerprint density at radius 3 is 2.62 bits per heavy atom. The van der Waals surface area contributed by atoms with Crippen LogP contribution in [0.25, 0.3) is 0 Å². The molecule has 0 radical (unpaired) electrons. The number of benzene rings is 2. The second kappa shape index (κ2) is 6.24. The summed E-state index contributed by atoms with van der Waals surface area (Å²) in [7, 11) is 0. The van der Waals surface area contributed by atoms with Crippen LogP contribution < -0.4 is 10.5 Å². The molecule has 0 saturated carbocycles. The van der Waals surface area contributed by atoms with Crippen molar-refractivity contribution >= 4 is 21.6 Å². The van der Waals surface area contributed by atoms with Crippen molar-refractivity contribution in [3.8, 4) is 11.5 Å². The fraction of sp³-hybridized carbons (Fsp3) is 0.200. The van der Waals surface area contributed by atoms with E-state index in [-0.39, 0.29) is 17.5 Å². The van der Waals surface area contributed by atoms with E-state index in [1.807, 2.05) is 13.0 Å². The maximum absolute atomic E-state index is 11.1. The second-order valence-corrected chi connectivity index (χ2v) is 5.61. The van der Waals surface area contributed by atoms with Crippen LogP contribution in [0.4, 0.5) is 5.69 Å². The number of hydrogen-bond acceptors (Lipinski definition) is 4. The minimum absolute atomic E-state index is 0.0232. The van der Waals surface area contributed by atoms with E-state index in [9.17, 15) is 10.1 Å². The van der Waals surface area contributed by atoms with Gasteiger partial charge in [-0.25, -0.2) is 0 Å². The van der Waals surface area contributed by atoms with Gasteiger partial charge in [-0.2, -0.15) is 0 Å². The molecule has 0 unspecified atom stereocenters. The van der Waals surface area contributed by atoms with Crippen LogP contribution in [0.15, 0.2) is 40.9 Å². The molecule has 2 aromatic rings. The topological polar surface area (TPSA) is 78.4 Å². The Labute approximate surface area is 131 Å². The lowest BCUT2D eigenvalue weighted by Gasteiger charge is -2.12. The van der Waals surface area contributed by atoms with E-state index in [0.717, 1.165) is 10.0 Å². The smallest absolute Gasteiger partial charge is 0.314 e. The Kier molecular flexibility index (Phi) is 4.59. The zero-order valence-electron chi connectivity index (χ0n) is 11.7. The average Bonchev–Trinajstić information content (AvgIpc) is 2.37. The molecule has 0 heterocycles. The molecule has 0 bridgehead atoms. The number of halogens is 1. The summed E-state index contributed by atoms with van der Waals surface area (Å²) >= 11 is 3.43. The van der Waals surface area contributed by atoms with Gasteiger partial charge >= 0.3 is 5.69 Å². The fourth-order valence-electron chi connectivity index (χ4n) is 2.02. The zero-order valence-corrected chi connectivity index (χ0v) is 13.3. The quantitative estimate of drug-likeness (QED) is 0.651. The van der Waals surface area contributed by atoms with Gasteiger partial charge < -0.3 is 10.5 Å². The van der Waals surface area contributed by atoms with Gasteiger partial charge in [0.05, 0.1) is 4.92 Å². The molecule has 110 valence electrons. The van der Waals surface area contributed by atoms with Crippen LogP contribution in [0.2, 0.25) is 0 Å². The molecule has 0 aliphatic carbocycles. The summed E-state index contributed by atoms with van der Waals surface area (Å²) in [6, 6.07) is 10.2. The lowest BCUT2D eigenvalue weighted by Crippen LogP contribution is -2.05. The summed E-state index contributed by atoms with van der Waals surface area (Å²) in [5.41, 5.74) is 7.32. The molecule has 0 spiro atoms. The molecular formula is C15H15BrN2O3. The highest BCUT2D eigenvalue weighted by Crippen LogP contribution is 2.35. The first-order chi connectivity index (χ1) is 9.90. The van der Waals surface area contributed by atoms with Crippen LogP contribution in [-0.4, -0.2) is 4.92 Å². The lowest BCUT2D eigenvalue weighted by atomic mass is 10.1. The number of ether oxygens (including phenoxy) is 1. The van der Waals surface area contributed by atoms with Gasteiger partial charge in [-0.15, -0.1) is 0 Å². The van der Waals surface area contributed by atoms with Gasteiger partial charge in [0.15, 0.2) is 0 Å². The standard InChI is InChI=1S/C15H15BrN2O3/c1-9-4-3-5-14(15(9)18(19)20)21-11-6-7-12(10(2)17)13(16)8-11/h3-8,10H,17H2,1-2H3/t10-/m0/s1. The van der Waals surface area contributed by atoms with Crippen LogP contribution in [-0.2, 0) is 0 Å². The predicted octanol–water partition coefficient (Wildman–Crippen LogP) is 4.48. The van der Waals surface area contributed by atoms with Crippen molar-refractivity contribution in [1.82, 2.24) is 0 Å². The van der Waals surface area contributed by atoms with Gasteiger partial charge in [-0.3, -0.25) is 10.1 Å². The summed E-state index contributed by atoms with van der Waals surface area (Å²) in [6.07, 6.45) is 0. The number of nitrogens with two attached hydrogens (primary N) is 1. The number of hydrogen-bond donors (Lipinski definition) is 1. The third-order valence-corrected chi connectivity index (χ3v) is 3.76. The third kappa shape index (κ3) is 3.40. The molecule has 0 amide bonds. The molecule has 6 heteroatoms. The van der Waals surface area contributed by atoms with E-state index in [4.69, 9.17) is 10.5 Å². The van der Waals surface area contributed by atoms with E-state index in [0.29, 0.717) is 11.3 Å². The molecular weight excluding hydrogens is 336 g/mol. The number of nitrogens with zero attached hydrogens (tertiary/aromatic N) is 1. The van der Waals surface area contributed by atoms with Crippen molar-refractivity contribution < 1.29 is 9.66 Å². The molecule has 0 aliphatic heterocycles. The van der Waals surface area contributed by atoms with Gasteiger partial charge in [-0.1, -0.05) is 34.1 Å². The Balaban J connectivity index is 2.37. The highest BCUT2D eigenvalue weighted by molar-refractivity contribution is 9.10. The van der Waals surface area contributed by atoms with Crippen molar-refractivity contribution in [3.63, 3.8) is 0 Å². The fourth-order valence-corrected chi connectivity index (χ4v) is 2.73. The summed E-state index contributed by atoms with van der Waals surface area (Å²) in [4.78, 5) is 10.7. The molecule has 2 rings (SSSR count). The largest absolute Gasteiger partial charge is 0.450 e. The summed E-state index contributed by atoms with van der Waals surface area (Å²) < 4.78 is 6.47. The minimum Gasteiger partial charge on any atom is -0.450 e. The Bertz CT molecular complexity index is 687. The Morgan fingerprint density at radius 1 is 1.33 bits per heavy atom. The number of para-hydroxylation sites is 1. The molecule has 0 aliphatic rings. The van der Waals surface area contributed by atoms with Crippen LogP contribution in [0, 0.1) is 17.0 Å². The predicted molar refractivity (Wildman–Crippen MR) is 84.7 cm³/mol. The van der Waals surface area contributed by atoms with Crippen LogP contribution in [0.1, 0.15) is 24.1 Å². The molecule has 21 heavy (non-hydrogen) atoms. The lowest BCUT2D eigenvalue weighted by molar-refractivity contribution is -0.386. The van der Waals surface area contributed by atoms with Gasteiger partial charge in [0.25, 0.3) is 0 Å². The summed E-state index contributed by atoms with van der Waals surface area (Å²) in [5.74, 6) is 0.737. The van der Waals surface area contributed by atoms with Gasteiger partial charge in [0, 0.05) is 16.1 Å². The van der Waals surface area contributed by atoms with Crippen LogP contribution >= 0.6 is 15.9 Å². The first kappa shape index (κ1) is 15.5. The van der Waals surface area contributed by atoms with E-state index >= 15 is 0 Å².